The fourth-order valence-corrected chi connectivity index (χ4v) is 2.79. The first-order valence-electron chi connectivity index (χ1n) is 7.58. The van der Waals surface area contributed by atoms with Gasteiger partial charge in [-0.3, -0.25) is 4.79 Å². The fourth-order valence-electron chi connectivity index (χ4n) is 2.79. The molecule has 0 heterocycles. The molecule has 0 radical (unpaired) electrons. The molecule has 0 aliphatic rings. The van der Waals surface area contributed by atoms with Gasteiger partial charge in [0.2, 0.25) is 0 Å². The molecule has 0 aliphatic carbocycles. The van der Waals surface area contributed by atoms with Crippen LogP contribution in [-0.2, 0) is 0 Å². The van der Waals surface area contributed by atoms with Gasteiger partial charge in [0.15, 0.2) is 5.78 Å². The summed E-state index contributed by atoms with van der Waals surface area (Å²) in [6, 6.07) is 26.9. The van der Waals surface area contributed by atoms with Gasteiger partial charge < -0.3 is 4.74 Å². The second-order valence-electron chi connectivity index (χ2n) is 5.32. The molecule has 0 aliphatic heterocycles. The molecule has 0 N–H and O–H groups in total. The second kappa shape index (κ2) is 6.93. The molecule has 23 heavy (non-hydrogen) atoms. The second-order valence-corrected chi connectivity index (χ2v) is 5.32. The maximum absolute atomic E-state index is 13.2. The van der Waals surface area contributed by atoms with E-state index in [9.17, 15) is 4.79 Å². The molecule has 0 saturated carbocycles. The van der Waals surface area contributed by atoms with Gasteiger partial charge in [0.1, 0.15) is 5.75 Å². The molecule has 2 nitrogen and oxygen atoms in total. The number of methoxy groups -OCH3 is 1. The Kier molecular flexibility index (Phi) is 4.53. The van der Waals surface area contributed by atoms with Crippen molar-refractivity contribution >= 4 is 5.78 Å². The van der Waals surface area contributed by atoms with E-state index in [1.807, 2.05) is 84.9 Å². The van der Waals surface area contributed by atoms with E-state index in [1.54, 1.807) is 7.11 Å². The van der Waals surface area contributed by atoms with E-state index in [1.165, 1.54) is 0 Å². The summed E-state index contributed by atoms with van der Waals surface area (Å²) in [5.41, 5.74) is 2.55. The minimum Gasteiger partial charge on any atom is -0.496 e. The molecular formula is C21H18O2. The molecule has 0 spiro atoms. The molecule has 3 aromatic carbocycles. The lowest BCUT2D eigenvalue weighted by atomic mass is 9.84. The largest absolute Gasteiger partial charge is 0.496 e. The Morgan fingerprint density at radius 2 is 1.35 bits per heavy atom. The van der Waals surface area contributed by atoms with Crippen molar-refractivity contribution in [1.29, 1.82) is 0 Å². The Bertz CT molecular complexity index is 779. The van der Waals surface area contributed by atoms with Gasteiger partial charge in [-0.05, 0) is 11.6 Å². The van der Waals surface area contributed by atoms with E-state index in [4.69, 9.17) is 4.74 Å². The summed E-state index contributed by atoms with van der Waals surface area (Å²) in [5, 5.41) is 0. The summed E-state index contributed by atoms with van der Waals surface area (Å²) in [6.07, 6.45) is 0. The van der Waals surface area contributed by atoms with Crippen molar-refractivity contribution in [2.24, 2.45) is 0 Å². The van der Waals surface area contributed by atoms with Crippen LogP contribution in [0.2, 0.25) is 0 Å². The summed E-state index contributed by atoms with van der Waals surface area (Å²) in [4.78, 5) is 13.2. The summed E-state index contributed by atoms with van der Waals surface area (Å²) in [5.74, 6) is 0.418. The third kappa shape index (κ3) is 3.16. The summed E-state index contributed by atoms with van der Waals surface area (Å²) < 4.78 is 5.48. The number of benzene rings is 3. The van der Waals surface area contributed by atoms with Crippen LogP contribution in [0.3, 0.4) is 0 Å². The van der Waals surface area contributed by atoms with E-state index < -0.39 is 0 Å². The van der Waals surface area contributed by atoms with Crippen molar-refractivity contribution in [2.45, 2.75) is 5.92 Å². The Labute approximate surface area is 136 Å². The first-order chi connectivity index (χ1) is 11.3. The van der Waals surface area contributed by atoms with Crippen molar-refractivity contribution in [1.82, 2.24) is 0 Å². The van der Waals surface area contributed by atoms with Gasteiger partial charge in [-0.25, -0.2) is 0 Å². The molecule has 3 aromatic rings. The maximum Gasteiger partial charge on any atom is 0.174 e. The minimum atomic E-state index is -0.380. The van der Waals surface area contributed by atoms with Crippen molar-refractivity contribution < 1.29 is 9.53 Å². The summed E-state index contributed by atoms with van der Waals surface area (Å²) in [6.45, 7) is 0. The van der Waals surface area contributed by atoms with Crippen LogP contribution in [0.15, 0.2) is 84.9 Å². The van der Waals surface area contributed by atoms with E-state index in [2.05, 4.69) is 0 Å². The van der Waals surface area contributed by atoms with Crippen LogP contribution in [-0.4, -0.2) is 12.9 Å². The van der Waals surface area contributed by atoms with Crippen molar-refractivity contribution in [3.63, 3.8) is 0 Å². The lowest BCUT2D eigenvalue weighted by Crippen LogP contribution is -2.15. The number of carbonyl (C=O) groups excluding carboxylic acids is 1. The predicted octanol–water partition coefficient (Wildman–Crippen LogP) is 4.71. The van der Waals surface area contributed by atoms with E-state index in [0.29, 0.717) is 5.56 Å². The molecule has 0 amide bonds. The number of para-hydroxylation sites is 1. The third-order valence-electron chi connectivity index (χ3n) is 3.90. The van der Waals surface area contributed by atoms with E-state index in [-0.39, 0.29) is 11.7 Å². The summed E-state index contributed by atoms with van der Waals surface area (Å²) >= 11 is 0. The molecule has 2 heteroatoms. The zero-order valence-corrected chi connectivity index (χ0v) is 13.0. The smallest absolute Gasteiger partial charge is 0.174 e. The number of rotatable bonds is 5. The lowest BCUT2D eigenvalue weighted by Gasteiger charge is -2.19. The van der Waals surface area contributed by atoms with Gasteiger partial charge in [0.25, 0.3) is 0 Å². The van der Waals surface area contributed by atoms with Gasteiger partial charge >= 0.3 is 0 Å². The van der Waals surface area contributed by atoms with Crippen molar-refractivity contribution in [3.05, 3.63) is 102 Å². The first kappa shape index (κ1) is 15.0. The average molecular weight is 302 g/mol. The number of hydrogen-bond donors (Lipinski definition) is 0. The zero-order chi connectivity index (χ0) is 16.1. The number of Topliss-reactive ketones (excluding diaryl/α,β-unsaturated/α-hetero) is 1. The third-order valence-corrected chi connectivity index (χ3v) is 3.90. The van der Waals surface area contributed by atoms with Crippen LogP contribution < -0.4 is 4.74 Å². The molecular weight excluding hydrogens is 284 g/mol. The van der Waals surface area contributed by atoms with Crippen LogP contribution in [0.1, 0.15) is 27.4 Å². The Balaban J connectivity index is 2.13. The fraction of sp³-hybridized carbons (Fsp3) is 0.0952. The standard InChI is InChI=1S/C21H18O2/c1-23-19-15-9-8-14-18(19)20(16-10-4-2-5-11-16)21(22)17-12-6-3-7-13-17/h2-15,20H,1H3. The van der Waals surface area contributed by atoms with Crippen LogP contribution >= 0.6 is 0 Å². The van der Waals surface area contributed by atoms with Crippen molar-refractivity contribution in [2.75, 3.05) is 7.11 Å². The van der Waals surface area contributed by atoms with Gasteiger partial charge in [-0.15, -0.1) is 0 Å². The maximum atomic E-state index is 13.2. The highest BCUT2D eigenvalue weighted by atomic mass is 16.5. The SMILES string of the molecule is COc1ccccc1C(C(=O)c1ccccc1)c1ccccc1. The number of hydrogen-bond acceptors (Lipinski definition) is 2. The molecule has 3 rings (SSSR count). The van der Waals surface area contributed by atoms with Gasteiger partial charge in [0, 0.05) is 11.1 Å². The molecule has 0 aromatic heterocycles. The van der Waals surface area contributed by atoms with Crippen LogP contribution in [0.25, 0.3) is 0 Å². The topological polar surface area (TPSA) is 26.3 Å². The van der Waals surface area contributed by atoms with Crippen LogP contribution in [0, 0.1) is 0 Å². The van der Waals surface area contributed by atoms with Crippen LogP contribution in [0.4, 0.5) is 0 Å². The van der Waals surface area contributed by atoms with E-state index in [0.717, 1.165) is 16.9 Å². The highest BCUT2D eigenvalue weighted by Gasteiger charge is 2.26. The van der Waals surface area contributed by atoms with Crippen LogP contribution in [0.5, 0.6) is 5.75 Å². The number of ketones is 1. The zero-order valence-electron chi connectivity index (χ0n) is 13.0. The molecule has 1 atom stereocenters. The highest BCUT2D eigenvalue weighted by Crippen LogP contribution is 2.34. The van der Waals surface area contributed by atoms with E-state index >= 15 is 0 Å². The summed E-state index contributed by atoms with van der Waals surface area (Å²) in [7, 11) is 1.63. The van der Waals surface area contributed by atoms with Crippen molar-refractivity contribution in [3.8, 4) is 5.75 Å². The minimum absolute atomic E-state index is 0.0706. The Morgan fingerprint density at radius 3 is 2.00 bits per heavy atom. The van der Waals surface area contributed by atoms with Gasteiger partial charge in [0.05, 0.1) is 13.0 Å². The Morgan fingerprint density at radius 1 is 0.783 bits per heavy atom. The number of carbonyl (C=O) groups is 1. The average Bonchev–Trinajstić information content (AvgIpc) is 2.64. The molecule has 1 unspecified atom stereocenters. The monoisotopic (exact) mass is 302 g/mol. The van der Waals surface area contributed by atoms with Gasteiger partial charge in [-0.1, -0.05) is 78.9 Å². The number of ether oxygens (including phenoxy) is 1. The molecule has 0 fully saturated rings. The highest BCUT2D eigenvalue weighted by molar-refractivity contribution is 6.03. The van der Waals surface area contributed by atoms with Gasteiger partial charge in [-0.2, -0.15) is 0 Å². The molecule has 0 bridgehead atoms. The quantitative estimate of drug-likeness (QED) is 0.638. The normalized spacial score (nSPS) is 11.7. The first-order valence-corrected chi connectivity index (χ1v) is 7.58. The molecule has 0 saturated heterocycles. The Hall–Kier alpha value is -2.87. The lowest BCUT2D eigenvalue weighted by molar-refractivity contribution is 0.0972. The molecule has 114 valence electrons. The predicted molar refractivity (Wildman–Crippen MR) is 92.1 cm³/mol.